The van der Waals surface area contributed by atoms with E-state index in [1.807, 2.05) is 25.1 Å². The summed E-state index contributed by atoms with van der Waals surface area (Å²) in [6.07, 6.45) is 2.55. The normalized spacial score (nSPS) is 17.8. The fourth-order valence-electron chi connectivity index (χ4n) is 3.58. The molecule has 0 amide bonds. The summed E-state index contributed by atoms with van der Waals surface area (Å²) < 4.78 is 11.0. The monoisotopic (exact) mass is 504 g/mol. The maximum atomic E-state index is 5.58. The summed E-state index contributed by atoms with van der Waals surface area (Å²) in [5, 5.41) is 6.82. The van der Waals surface area contributed by atoms with Gasteiger partial charge >= 0.3 is 0 Å². The molecule has 1 unspecified atom stereocenters. The first kappa shape index (κ1) is 24.8. The van der Waals surface area contributed by atoms with E-state index in [0.29, 0.717) is 18.3 Å². The summed E-state index contributed by atoms with van der Waals surface area (Å²) in [6.45, 7) is 11.7. The smallest absolute Gasteiger partial charge is 0.195 e. The average Bonchev–Trinajstić information content (AvgIpc) is 2.66. The molecule has 6 nitrogen and oxygen atoms in total. The lowest BCUT2D eigenvalue weighted by molar-refractivity contribution is 0.159. The van der Waals surface area contributed by atoms with E-state index in [9.17, 15) is 0 Å². The second-order valence-electron chi connectivity index (χ2n) is 7.54. The van der Waals surface area contributed by atoms with E-state index in [4.69, 9.17) is 9.47 Å². The third kappa shape index (κ3) is 8.03. The van der Waals surface area contributed by atoms with Crippen LogP contribution < -0.4 is 20.1 Å². The Kier molecular flexibility index (Phi) is 11.6. The van der Waals surface area contributed by atoms with Crippen molar-refractivity contribution in [3.63, 3.8) is 0 Å². The summed E-state index contributed by atoms with van der Waals surface area (Å²) in [6, 6.07) is 5.83. The van der Waals surface area contributed by atoms with Gasteiger partial charge in [-0.25, -0.2) is 0 Å². The molecule has 2 rings (SSSR count). The van der Waals surface area contributed by atoms with Crippen molar-refractivity contribution in [2.45, 2.75) is 33.6 Å². The molecule has 0 saturated carbocycles. The standard InChI is InChI=1S/C21H36N4O2.HI/c1-6-27-19-10-9-18(12-20(19)26-5)24-21(22-4)23-13-17-8-7-11-25(15-17)14-16(2)3;/h9-10,12,16-17H,6-8,11,13-15H2,1-5H3,(H2,22,23,24);1H. The van der Waals surface area contributed by atoms with Crippen molar-refractivity contribution in [1.82, 2.24) is 10.2 Å². The van der Waals surface area contributed by atoms with E-state index >= 15 is 0 Å². The number of hydrogen-bond acceptors (Lipinski definition) is 4. The average molecular weight is 504 g/mol. The maximum absolute atomic E-state index is 5.58. The quantitative estimate of drug-likeness (QED) is 0.318. The number of likely N-dealkylation sites (tertiary alicyclic amines) is 1. The fraction of sp³-hybridized carbons (Fsp3) is 0.667. The van der Waals surface area contributed by atoms with Gasteiger partial charge in [-0.1, -0.05) is 13.8 Å². The molecule has 1 heterocycles. The lowest BCUT2D eigenvalue weighted by Crippen LogP contribution is -2.43. The minimum Gasteiger partial charge on any atom is -0.493 e. The molecule has 1 atom stereocenters. The summed E-state index contributed by atoms with van der Waals surface area (Å²) in [5.41, 5.74) is 0.925. The number of guanidine groups is 1. The lowest BCUT2D eigenvalue weighted by atomic mass is 9.97. The van der Waals surface area contributed by atoms with Crippen LogP contribution in [0, 0.1) is 11.8 Å². The van der Waals surface area contributed by atoms with Gasteiger partial charge in [0.15, 0.2) is 17.5 Å². The predicted octanol–water partition coefficient (Wildman–Crippen LogP) is 4.07. The van der Waals surface area contributed by atoms with E-state index in [1.165, 1.54) is 32.5 Å². The van der Waals surface area contributed by atoms with Crippen LogP contribution in [0.25, 0.3) is 0 Å². The van der Waals surface area contributed by atoms with Crippen LogP contribution in [-0.4, -0.2) is 57.8 Å². The Bertz CT molecular complexity index is 610. The number of rotatable bonds is 8. The number of nitrogens with zero attached hydrogens (tertiary/aromatic N) is 2. The van der Waals surface area contributed by atoms with Gasteiger partial charge in [-0.2, -0.15) is 0 Å². The van der Waals surface area contributed by atoms with E-state index in [1.54, 1.807) is 14.2 Å². The van der Waals surface area contributed by atoms with E-state index in [0.717, 1.165) is 29.9 Å². The first-order valence-corrected chi connectivity index (χ1v) is 10.1. The maximum Gasteiger partial charge on any atom is 0.195 e. The Morgan fingerprint density at radius 2 is 2.11 bits per heavy atom. The van der Waals surface area contributed by atoms with Gasteiger partial charge in [0.25, 0.3) is 0 Å². The molecule has 28 heavy (non-hydrogen) atoms. The number of piperidine rings is 1. The fourth-order valence-corrected chi connectivity index (χ4v) is 3.58. The molecule has 0 aromatic heterocycles. The topological polar surface area (TPSA) is 58.1 Å². The zero-order chi connectivity index (χ0) is 19.6. The molecule has 7 heteroatoms. The highest BCUT2D eigenvalue weighted by molar-refractivity contribution is 14.0. The molecule has 2 N–H and O–H groups in total. The van der Waals surface area contributed by atoms with E-state index in [2.05, 4.69) is 34.4 Å². The summed E-state index contributed by atoms with van der Waals surface area (Å²) in [7, 11) is 3.45. The molecule has 0 radical (unpaired) electrons. The van der Waals surface area contributed by atoms with Gasteiger partial charge in [-0.05, 0) is 50.3 Å². The number of anilines is 1. The zero-order valence-corrected chi connectivity index (χ0v) is 20.3. The van der Waals surface area contributed by atoms with Crippen LogP contribution >= 0.6 is 24.0 Å². The summed E-state index contributed by atoms with van der Waals surface area (Å²) in [4.78, 5) is 6.95. The zero-order valence-electron chi connectivity index (χ0n) is 18.0. The van der Waals surface area contributed by atoms with Gasteiger partial charge in [0.1, 0.15) is 0 Å². The Morgan fingerprint density at radius 3 is 2.75 bits per heavy atom. The molecule has 1 aliphatic heterocycles. The molecule has 0 spiro atoms. The predicted molar refractivity (Wildman–Crippen MR) is 129 cm³/mol. The molecule has 1 saturated heterocycles. The lowest BCUT2D eigenvalue weighted by Gasteiger charge is -2.34. The number of halogens is 1. The summed E-state index contributed by atoms with van der Waals surface area (Å²) in [5.74, 6) is 3.63. The molecular weight excluding hydrogens is 467 g/mol. The minimum atomic E-state index is 0. The van der Waals surface area contributed by atoms with Crippen LogP contribution in [0.2, 0.25) is 0 Å². The number of benzene rings is 1. The van der Waals surface area contributed by atoms with Crippen LogP contribution in [0.15, 0.2) is 23.2 Å². The second kappa shape index (κ2) is 13.1. The van der Waals surface area contributed by atoms with Crippen LogP contribution in [0.1, 0.15) is 33.6 Å². The highest BCUT2D eigenvalue weighted by Gasteiger charge is 2.20. The van der Waals surface area contributed by atoms with E-state index < -0.39 is 0 Å². The van der Waals surface area contributed by atoms with Gasteiger partial charge < -0.3 is 25.0 Å². The second-order valence-corrected chi connectivity index (χ2v) is 7.54. The number of methoxy groups -OCH3 is 1. The largest absolute Gasteiger partial charge is 0.493 e. The summed E-state index contributed by atoms with van der Waals surface area (Å²) >= 11 is 0. The molecule has 1 aromatic carbocycles. The molecule has 1 aromatic rings. The van der Waals surface area contributed by atoms with Gasteiger partial charge in [0.05, 0.1) is 13.7 Å². The highest BCUT2D eigenvalue weighted by Crippen LogP contribution is 2.30. The molecule has 0 aliphatic carbocycles. The molecule has 160 valence electrons. The van der Waals surface area contributed by atoms with Crippen molar-refractivity contribution >= 4 is 35.6 Å². The van der Waals surface area contributed by atoms with Crippen molar-refractivity contribution in [3.05, 3.63) is 18.2 Å². The van der Waals surface area contributed by atoms with Crippen LogP contribution in [0.3, 0.4) is 0 Å². The van der Waals surface area contributed by atoms with Crippen molar-refractivity contribution in [2.75, 3.05) is 52.3 Å². The van der Waals surface area contributed by atoms with E-state index in [-0.39, 0.29) is 24.0 Å². The third-order valence-corrected chi connectivity index (χ3v) is 4.73. The van der Waals surface area contributed by atoms with Crippen LogP contribution in [-0.2, 0) is 0 Å². The Labute approximate surface area is 187 Å². The Balaban J connectivity index is 0.00000392. The molecule has 1 aliphatic rings. The number of nitrogens with one attached hydrogen (secondary N) is 2. The SMILES string of the molecule is CCOc1ccc(NC(=NC)NCC2CCCN(CC(C)C)C2)cc1OC.I. The van der Waals surface area contributed by atoms with Crippen LogP contribution in [0.4, 0.5) is 5.69 Å². The number of ether oxygens (including phenoxy) is 2. The van der Waals surface area contributed by atoms with Crippen molar-refractivity contribution in [2.24, 2.45) is 16.8 Å². The highest BCUT2D eigenvalue weighted by atomic mass is 127. The Hall–Kier alpha value is -1.22. The first-order valence-electron chi connectivity index (χ1n) is 10.1. The van der Waals surface area contributed by atoms with Gasteiger partial charge in [0, 0.05) is 38.4 Å². The molecule has 0 bridgehead atoms. The molecule has 1 fully saturated rings. The van der Waals surface area contributed by atoms with Gasteiger partial charge in [0.2, 0.25) is 0 Å². The number of hydrogen-bond donors (Lipinski definition) is 2. The minimum absolute atomic E-state index is 0. The number of aliphatic imine (C=N–C) groups is 1. The van der Waals surface area contributed by atoms with Crippen LogP contribution in [0.5, 0.6) is 11.5 Å². The Morgan fingerprint density at radius 1 is 1.32 bits per heavy atom. The molecular formula is C21H37IN4O2. The van der Waals surface area contributed by atoms with Crippen molar-refractivity contribution < 1.29 is 9.47 Å². The van der Waals surface area contributed by atoms with Crippen molar-refractivity contribution in [3.8, 4) is 11.5 Å². The van der Waals surface area contributed by atoms with Gasteiger partial charge in [-0.3, -0.25) is 4.99 Å². The first-order chi connectivity index (χ1) is 13.0. The van der Waals surface area contributed by atoms with Gasteiger partial charge in [-0.15, -0.1) is 24.0 Å². The third-order valence-electron chi connectivity index (χ3n) is 4.73. The van der Waals surface area contributed by atoms with Crippen molar-refractivity contribution in [1.29, 1.82) is 0 Å².